The third kappa shape index (κ3) is 2.94. The van der Waals surface area contributed by atoms with Crippen LogP contribution in [0.3, 0.4) is 0 Å². The van der Waals surface area contributed by atoms with E-state index in [1.807, 2.05) is 0 Å². The molecule has 110 valence electrons. The number of rotatable bonds is 2. The molecule has 1 fully saturated rings. The molecular weight excluding hydrogens is 290 g/mol. The van der Waals surface area contributed by atoms with E-state index in [0.29, 0.717) is 16.4 Å². The van der Waals surface area contributed by atoms with Gasteiger partial charge in [-0.2, -0.15) is 4.98 Å². The first-order valence-corrected chi connectivity index (χ1v) is 7.33. The number of hydrogen-bond donors (Lipinski definition) is 3. The lowest BCUT2D eigenvalue weighted by Crippen LogP contribution is -2.28. The average molecular weight is 306 g/mol. The monoisotopic (exact) mass is 305 g/mol. The van der Waals surface area contributed by atoms with Crippen molar-refractivity contribution in [1.82, 2.24) is 15.3 Å². The van der Waals surface area contributed by atoms with Crippen molar-refractivity contribution in [3.63, 3.8) is 0 Å². The minimum Gasteiger partial charge on any atom is -0.493 e. The molecule has 0 amide bonds. The highest BCUT2D eigenvalue weighted by Crippen LogP contribution is 2.28. The van der Waals surface area contributed by atoms with E-state index < -0.39 is 0 Å². The Kier molecular flexibility index (Phi) is 3.94. The summed E-state index contributed by atoms with van der Waals surface area (Å²) in [7, 11) is 0. The predicted molar refractivity (Wildman–Crippen MR) is 81.8 cm³/mol. The fourth-order valence-corrected chi connectivity index (χ4v) is 2.86. The van der Waals surface area contributed by atoms with Crippen LogP contribution in [0.1, 0.15) is 24.6 Å². The maximum atomic E-state index is 12.3. The van der Waals surface area contributed by atoms with Crippen LogP contribution in [-0.2, 0) is 0 Å². The van der Waals surface area contributed by atoms with Crippen LogP contribution in [0.5, 0.6) is 5.88 Å². The van der Waals surface area contributed by atoms with E-state index in [0.717, 1.165) is 25.9 Å². The Morgan fingerprint density at radius 1 is 1.29 bits per heavy atom. The first-order valence-electron chi connectivity index (χ1n) is 6.95. The zero-order valence-corrected chi connectivity index (χ0v) is 12.2. The molecule has 21 heavy (non-hydrogen) atoms. The number of hydrogen-bond acceptors (Lipinski definition) is 4. The molecule has 0 radical (unpaired) electrons. The van der Waals surface area contributed by atoms with Crippen molar-refractivity contribution in [2.75, 3.05) is 13.1 Å². The van der Waals surface area contributed by atoms with Crippen LogP contribution in [0.4, 0.5) is 0 Å². The average Bonchev–Trinajstić information content (AvgIpc) is 2.47. The van der Waals surface area contributed by atoms with Crippen molar-refractivity contribution >= 4 is 11.6 Å². The molecule has 0 saturated carbocycles. The summed E-state index contributed by atoms with van der Waals surface area (Å²) in [4.78, 5) is 19.3. The summed E-state index contributed by atoms with van der Waals surface area (Å²) in [5.74, 6) is 0.498. The Hall–Kier alpha value is -1.85. The molecule has 3 N–H and O–H groups in total. The van der Waals surface area contributed by atoms with E-state index in [-0.39, 0.29) is 22.9 Å². The molecule has 6 heteroatoms. The van der Waals surface area contributed by atoms with Crippen LogP contribution >= 0.6 is 11.6 Å². The van der Waals surface area contributed by atoms with Crippen molar-refractivity contribution in [3.05, 3.63) is 45.5 Å². The maximum absolute atomic E-state index is 12.3. The fraction of sp³-hybridized carbons (Fsp3) is 0.333. The molecule has 1 aromatic carbocycles. The molecule has 0 atom stereocenters. The molecule has 1 aliphatic rings. The summed E-state index contributed by atoms with van der Waals surface area (Å²) in [6.07, 6.45) is 1.80. The van der Waals surface area contributed by atoms with E-state index >= 15 is 0 Å². The largest absolute Gasteiger partial charge is 0.493 e. The summed E-state index contributed by atoms with van der Waals surface area (Å²) in [5.41, 5.74) is 0.388. The van der Waals surface area contributed by atoms with Crippen molar-refractivity contribution < 1.29 is 5.11 Å². The summed E-state index contributed by atoms with van der Waals surface area (Å²) in [5, 5.41) is 13.9. The highest BCUT2D eigenvalue weighted by Gasteiger charge is 2.21. The Morgan fingerprint density at radius 3 is 2.71 bits per heavy atom. The second-order valence-electron chi connectivity index (χ2n) is 5.18. The molecule has 1 aliphatic heterocycles. The topological polar surface area (TPSA) is 78.0 Å². The van der Waals surface area contributed by atoms with Gasteiger partial charge in [-0.05, 0) is 43.6 Å². The van der Waals surface area contributed by atoms with Crippen molar-refractivity contribution in [1.29, 1.82) is 0 Å². The van der Waals surface area contributed by atoms with Crippen LogP contribution in [0, 0.1) is 0 Å². The highest BCUT2D eigenvalue weighted by molar-refractivity contribution is 6.30. The van der Waals surface area contributed by atoms with Gasteiger partial charge in [0.25, 0.3) is 5.56 Å². The van der Waals surface area contributed by atoms with Crippen LogP contribution < -0.4 is 10.9 Å². The zero-order chi connectivity index (χ0) is 14.8. The molecule has 3 rings (SSSR count). The zero-order valence-electron chi connectivity index (χ0n) is 11.4. The molecule has 2 heterocycles. The first-order chi connectivity index (χ1) is 10.1. The van der Waals surface area contributed by atoms with Gasteiger partial charge in [0.2, 0.25) is 5.88 Å². The Morgan fingerprint density at radius 2 is 2.05 bits per heavy atom. The van der Waals surface area contributed by atoms with Gasteiger partial charge >= 0.3 is 0 Å². The van der Waals surface area contributed by atoms with Crippen LogP contribution in [0.2, 0.25) is 5.02 Å². The fourth-order valence-electron chi connectivity index (χ4n) is 2.67. The number of aromatic hydroxyl groups is 1. The summed E-state index contributed by atoms with van der Waals surface area (Å²) < 4.78 is 0. The standard InChI is InChI=1S/C15H16ClN3O2/c16-11-3-1-2-10(8-11)12-14(20)18-13(19-15(12)21)9-4-6-17-7-5-9/h1-3,8-9,17H,4-7H2,(H2,18,19,20,21). The van der Waals surface area contributed by atoms with Crippen molar-refractivity contribution in [2.45, 2.75) is 18.8 Å². The first kappa shape index (κ1) is 14.1. The molecule has 0 bridgehead atoms. The molecule has 1 aromatic heterocycles. The molecule has 0 spiro atoms. The van der Waals surface area contributed by atoms with E-state index in [9.17, 15) is 9.90 Å². The van der Waals surface area contributed by atoms with Crippen molar-refractivity contribution in [3.8, 4) is 17.0 Å². The molecule has 0 unspecified atom stereocenters. The van der Waals surface area contributed by atoms with E-state index in [1.54, 1.807) is 24.3 Å². The number of nitrogens with zero attached hydrogens (tertiary/aromatic N) is 1. The molecule has 5 nitrogen and oxygen atoms in total. The Balaban J connectivity index is 2.02. The lowest BCUT2D eigenvalue weighted by molar-refractivity contribution is 0.420. The SMILES string of the molecule is O=c1[nH]c(C2CCNCC2)nc(O)c1-c1cccc(Cl)c1. The van der Waals surface area contributed by atoms with E-state index in [4.69, 9.17) is 11.6 Å². The third-order valence-electron chi connectivity index (χ3n) is 3.76. The Labute approximate surface area is 127 Å². The number of piperidine rings is 1. The molecular formula is C15H16ClN3O2. The van der Waals surface area contributed by atoms with Crippen LogP contribution in [0.25, 0.3) is 11.1 Å². The van der Waals surface area contributed by atoms with Crippen LogP contribution in [0.15, 0.2) is 29.1 Å². The second kappa shape index (κ2) is 5.87. The summed E-state index contributed by atoms with van der Waals surface area (Å²) >= 11 is 5.93. The normalized spacial score (nSPS) is 16.0. The predicted octanol–water partition coefficient (Wildman–Crippen LogP) is 2.26. The lowest BCUT2D eigenvalue weighted by atomic mass is 9.97. The summed E-state index contributed by atoms with van der Waals surface area (Å²) in [6, 6.07) is 6.81. The quantitative estimate of drug-likeness (QED) is 0.795. The lowest BCUT2D eigenvalue weighted by Gasteiger charge is -2.21. The smallest absolute Gasteiger partial charge is 0.262 e. The van der Waals surface area contributed by atoms with Gasteiger partial charge < -0.3 is 15.4 Å². The van der Waals surface area contributed by atoms with E-state index in [2.05, 4.69) is 15.3 Å². The number of aromatic nitrogens is 2. The van der Waals surface area contributed by atoms with Gasteiger partial charge in [-0.1, -0.05) is 23.7 Å². The molecule has 1 saturated heterocycles. The maximum Gasteiger partial charge on any atom is 0.262 e. The van der Waals surface area contributed by atoms with Gasteiger partial charge in [0.05, 0.1) is 0 Å². The molecule has 0 aliphatic carbocycles. The number of benzene rings is 1. The van der Waals surface area contributed by atoms with E-state index in [1.165, 1.54) is 0 Å². The van der Waals surface area contributed by atoms with Gasteiger partial charge in [0.1, 0.15) is 11.4 Å². The summed E-state index contributed by atoms with van der Waals surface area (Å²) in [6.45, 7) is 1.79. The Bertz CT molecular complexity index is 708. The number of H-pyrrole nitrogens is 1. The van der Waals surface area contributed by atoms with Crippen LogP contribution in [-0.4, -0.2) is 28.2 Å². The number of halogens is 1. The van der Waals surface area contributed by atoms with Gasteiger partial charge in [0.15, 0.2) is 0 Å². The van der Waals surface area contributed by atoms with Crippen molar-refractivity contribution in [2.24, 2.45) is 0 Å². The number of aromatic amines is 1. The highest BCUT2D eigenvalue weighted by atomic mass is 35.5. The third-order valence-corrected chi connectivity index (χ3v) is 3.99. The second-order valence-corrected chi connectivity index (χ2v) is 5.62. The minimum absolute atomic E-state index is 0.162. The minimum atomic E-state index is -0.335. The van der Waals surface area contributed by atoms with Gasteiger partial charge in [-0.25, -0.2) is 0 Å². The van der Waals surface area contributed by atoms with Gasteiger partial charge in [-0.15, -0.1) is 0 Å². The molecule has 2 aromatic rings. The van der Waals surface area contributed by atoms with Gasteiger partial charge in [-0.3, -0.25) is 4.79 Å². The number of nitrogens with one attached hydrogen (secondary N) is 2. The van der Waals surface area contributed by atoms with Gasteiger partial charge in [0, 0.05) is 10.9 Å².